The number of hydrogen-bond acceptors (Lipinski definition) is 3. The molecule has 0 spiro atoms. The number of rotatable bonds is 7. The van der Waals surface area contributed by atoms with Crippen molar-refractivity contribution >= 4 is 0 Å². The maximum Gasteiger partial charge on any atom is 0.390 e. The van der Waals surface area contributed by atoms with Crippen LogP contribution in [0.25, 0.3) is 0 Å². The molecule has 0 bridgehead atoms. The van der Waals surface area contributed by atoms with Gasteiger partial charge in [-0.2, -0.15) is 13.2 Å². The minimum Gasteiger partial charge on any atom is -0.491 e. The molecule has 1 rings (SSSR count). The van der Waals surface area contributed by atoms with Crippen LogP contribution in [0.4, 0.5) is 13.2 Å². The number of alkyl halides is 3. The first-order valence-corrected chi connectivity index (χ1v) is 6.02. The first-order chi connectivity index (χ1) is 8.87. The zero-order valence-electron chi connectivity index (χ0n) is 10.7. The summed E-state index contributed by atoms with van der Waals surface area (Å²) in [5, 5.41) is 12.1. The maximum atomic E-state index is 11.9. The highest BCUT2D eigenvalue weighted by Crippen LogP contribution is 2.18. The number of halogens is 3. The van der Waals surface area contributed by atoms with E-state index < -0.39 is 18.7 Å². The molecule has 0 saturated carbocycles. The predicted molar refractivity (Wildman–Crippen MR) is 66.2 cm³/mol. The van der Waals surface area contributed by atoms with Crippen LogP contribution in [0, 0.1) is 6.92 Å². The zero-order chi connectivity index (χ0) is 14.3. The van der Waals surface area contributed by atoms with Gasteiger partial charge in [-0.1, -0.05) is 12.1 Å². The average Bonchev–Trinajstić information content (AvgIpc) is 2.31. The molecule has 0 saturated heterocycles. The summed E-state index contributed by atoms with van der Waals surface area (Å²) in [5.41, 5.74) is 1.04. The molecule has 1 aromatic carbocycles. The Balaban J connectivity index is 2.16. The summed E-state index contributed by atoms with van der Waals surface area (Å²) in [6.45, 7) is 1.83. The molecule has 1 atom stereocenters. The SMILES string of the molecule is Cc1cccc(OCC(O)CNCCC(F)(F)F)c1. The molecule has 3 nitrogen and oxygen atoms in total. The number of nitrogens with one attached hydrogen (secondary N) is 1. The molecular formula is C13H18F3NO2. The summed E-state index contributed by atoms with van der Waals surface area (Å²) in [6.07, 6.45) is -5.91. The Morgan fingerprint density at radius 1 is 1.37 bits per heavy atom. The highest BCUT2D eigenvalue weighted by molar-refractivity contribution is 5.27. The molecule has 6 heteroatoms. The smallest absolute Gasteiger partial charge is 0.390 e. The van der Waals surface area contributed by atoms with Gasteiger partial charge in [0.25, 0.3) is 0 Å². The Labute approximate surface area is 110 Å². The zero-order valence-corrected chi connectivity index (χ0v) is 10.7. The van der Waals surface area contributed by atoms with Gasteiger partial charge in [0.05, 0.1) is 6.42 Å². The summed E-state index contributed by atoms with van der Waals surface area (Å²) in [7, 11) is 0. The molecule has 0 radical (unpaired) electrons. The minimum atomic E-state index is -4.17. The van der Waals surface area contributed by atoms with Gasteiger partial charge in [-0.25, -0.2) is 0 Å². The predicted octanol–water partition coefficient (Wildman–Crippen LogP) is 2.28. The van der Waals surface area contributed by atoms with E-state index in [4.69, 9.17) is 4.74 Å². The van der Waals surface area contributed by atoms with Gasteiger partial charge < -0.3 is 15.2 Å². The summed E-state index contributed by atoms with van der Waals surface area (Å²) in [5.74, 6) is 0.634. The summed E-state index contributed by atoms with van der Waals surface area (Å²) in [6, 6.07) is 7.33. The molecule has 19 heavy (non-hydrogen) atoms. The average molecular weight is 277 g/mol. The summed E-state index contributed by atoms with van der Waals surface area (Å²) < 4.78 is 40.9. The molecule has 108 valence electrons. The van der Waals surface area contributed by atoms with Gasteiger partial charge >= 0.3 is 6.18 Å². The Bertz CT molecular complexity index is 382. The van der Waals surface area contributed by atoms with Crippen LogP contribution >= 0.6 is 0 Å². The molecule has 0 aliphatic carbocycles. The van der Waals surface area contributed by atoms with E-state index in [1.54, 1.807) is 6.07 Å². The van der Waals surface area contributed by atoms with Crippen LogP contribution < -0.4 is 10.1 Å². The fraction of sp³-hybridized carbons (Fsp3) is 0.538. The van der Waals surface area contributed by atoms with Crippen molar-refractivity contribution in [3.05, 3.63) is 29.8 Å². The lowest BCUT2D eigenvalue weighted by Crippen LogP contribution is -2.33. The first kappa shape index (κ1) is 15.8. The van der Waals surface area contributed by atoms with Crippen LogP contribution in [0.3, 0.4) is 0 Å². The number of aliphatic hydroxyl groups excluding tert-OH is 1. The lowest BCUT2D eigenvalue weighted by Gasteiger charge is -2.14. The Kier molecular flexibility index (Phi) is 6.11. The fourth-order valence-corrected chi connectivity index (χ4v) is 1.46. The van der Waals surface area contributed by atoms with Crippen molar-refractivity contribution in [1.82, 2.24) is 5.32 Å². The van der Waals surface area contributed by atoms with Gasteiger partial charge in [-0.15, -0.1) is 0 Å². The monoisotopic (exact) mass is 277 g/mol. The van der Waals surface area contributed by atoms with E-state index in [0.717, 1.165) is 5.56 Å². The first-order valence-electron chi connectivity index (χ1n) is 6.02. The van der Waals surface area contributed by atoms with Gasteiger partial charge in [0.15, 0.2) is 0 Å². The maximum absolute atomic E-state index is 11.9. The molecule has 2 N–H and O–H groups in total. The Morgan fingerprint density at radius 3 is 2.74 bits per heavy atom. The van der Waals surface area contributed by atoms with Crippen LogP contribution in [0.5, 0.6) is 5.75 Å². The molecule has 0 fully saturated rings. The molecule has 0 aliphatic heterocycles. The largest absolute Gasteiger partial charge is 0.491 e. The van der Waals surface area contributed by atoms with Gasteiger partial charge in [0.2, 0.25) is 0 Å². The van der Waals surface area contributed by atoms with E-state index in [2.05, 4.69) is 5.32 Å². The van der Waals surface area contributed by atoms with Crippen molar-refractivity contribution in [3.8, 4) is 5.75 Å². The number of hydrogen-bond donors (Lipinski definition) is 2. The molecule has 0 aliphatic rings. The molecule has 1 unspecified atom stereocenters. The second-order valence-corrected chi connectivity index (χ2v) is 4.35. The van der Waals surface area contributed by atoms with Crippen LogP contribution in [-0.2, 0) is 0 Å². The summed E-state index contributed by atoms with van der Waals surface area (Å²) in [4.78, 5) is 0. The van der Waals surface area contributed by atoms with Crippen LogP contribution in [0.15, 0.2) is 24.3 Å². The van der Waals surface area contributed by atoms with Crippen molar-refractivity contribution in [2.75, 3.05) is 19.7 Å². The number of benzene rings is 1. The minimum absolute atomic E-state index is 0.0441. The normalized spacial score (nSPS) is 13.3. The number of aliphatic hydroxyl groups is 1. The third-order valence-electron chi connectivity index (χ3n) is 2.40. The van der Waals surface area contributed by atoms with Gasteiger partial charge in [0.1, 0.15) is 18.5 Å². The lowest BCUT2D eigenvalue weighted by molar-refractivity contribution is -0.133. The fourth-order valence-electron chi connectivity index (χ4n) is 1.46. The lowest BCUT2D eigenvalue weighted by atomic mass is 10.2. The third-order valence-corrected chi connectivity index (χ3v) is 2.40. The van der Waals surface area contributed by atoms with Crippen LogP contribution in [-0.4, -0.2) is 37.1 Å². The topological polar surface area (TPSA) is 41.5 Å². The second kappa shape index (κ2) is 7.35. The van der Waals surface area contributed by atoms with E-state index in [-0.39, 0.29) is 19.7 Å². The van der Waals surface area contributed by atoms with Crippen molar-refractivity contribution < 1.29 is 23.0 Å². The van der Waals surface area contributed by atoms with Crippen LogP contribution in [0.2, 0.25) is 0 Å². The van der Waals surface area contributed by atoms with Crippen LogP contribution in [0.1, 0.15) is 12.0 Å². The van der Waals surface area contributed by atoms with E-state index in [1.807, 2.05) is 25.1 Å². The molecule has 0 aromatic heterocycles. The standard InChI is InChI=1S/C13H18F3NO2/c1-10-3-2-4-12(7-10)19-9-11(18)8-17-6-5-13(14,15)16/h2-4,7,11,17-18H,5-6,8-9H2,1H3. The molecule has 0 heterocycles. The van der Waals surface area contributed by atoms with Gasteiger partial charge in [0, 0.05) is 13.1 Å². The molecular weight excluding hydrogens is 259 g/mol. The van der Waals surface area contributed by atoms with E-state index in [0.29, 0.717) is 5.75 Å². The van der Waals surface area contributed by atoms with Crippen molar-refractivity contribution in [3.63, 3.8) is 0 Å². The quantitative estimate of drug-likeness (QED) is 0.751. The van der Waals surface area contributed by atoms with E-state index >= 15 is 0 Å². The summed E-state index contributed by atoms with van der Waals surface area (Å²) >= 11 is 0. The highest BCUT2D eigenvalue weighted by atomic mass is 19.4. The third kappa shape index (κ3) is 7.69. The number of ether oxygens (including phenoxy) is 1. The van der Waals surface area contributed by atoms with E-state index in [9.17, 15) is 18.3 Å². The number of aryl methyl sites for hydroxylation is 1. The molecule has 0 amide bonds. The Morgan fingerprint density at radius 2 is 2.11 bits per heavy atom. The second-order valence-electron chi connectivity index (χ2n) is 4.35. The highest BCUT2D eigenvalue weighted by Gasteiger charge is 2.26. The van der Waals surface area contributed by atoms with Crippen molar-refractivity contribution in [2.24, 2.45) is 0 Å². The van der Waals surface area contributed by atoms with Gasteiger partial charge in [-0.3, -0.25) is 0 Å². The Hall–Kier alpha value is -1.27. The van der Waals surface area contributed by atoms with E-state index in [1.165, 1.54) is 0 Å². The van der Waals surface area contributed by atoms with Crippen molar-refractivity contribution in [2.45, 2.75) is 25.6 Å². The molecule has 1 aromatic rings. The van der Waals surface area contributed by atoms with Gasteiger partial charge in [-0.05, 0) is 24.6 Å². The van der Waals surface area contributed by atoms with Crippen molar-refractivity contribution in [1.29, 1.82) is 0 Å².